The minimum absolute atomic E-state index is 0.801. The fourth-order valence-corrected chi connectivity index (χ4v) is 3.89. The first-order valence-corrected chi connectivity index (χ1v) is 9.80. The molecule has 1 saturated carbocycles. The molecule has 21 heavy (non-hydrogen) atoms. The Morgan fingerprint density at radius 2 is 1.33 bits per heavy atom. The van der Waals surface area contributed by atoms with Crippen LogP contribution in [-0.4, -0.2) is 24.5 Å². The lowest BCUT2D eigenvalue weighted by molar-refractivity contribution is 0.214. The standard InChI is InChI=1S/C20H41N/c1-18(2)16-21(17-19(3)4)15-11-6-5-8-12-20-13-9-7-10-14-20/h18-20H,5-17H2,1-4H3. The van der Waals surface area contributed by atoms with Crippen molar-refractivity contribution in [1.82, 2.24) is 4.90 Å². The predicted octanol–water partition coefficient (Wildman–Crippen LogP) is 6.13. The van der Waals surface area contributed by atoms with Crippen LogP contribution in [0.1, 0.15) is 91.9 Å². The lowest BCUT2D eigenvalue weighted by atomic mass is 9.85. The lowest BCUT2D eigenvalue weighted by Gasteiger charge is -2.26. The Hall–Kier alpha value is -0.0400. The van der Waals surface area contributed by atoms with E-state index in [1.807, 2.05) is 0 Å². The molecule has 1 nitrogen and oxygen atoms in total. The summed E-state index contributed by atoms with van der Waals surface area (Å²) >= 11 is 0. The zero-order chi connectivity index (χ0) is 15.5. The van der Waals surface area contributed by atoms with Crippen LogP contribution in [0.25, 0.3) is 0 Å². The summed E-state index contributed by atoms with van der Waals surface area (Å²) < 4.78 is 0. The normalized spacial score (nSPS) is 17.3. The van der Waals surface area contributed by atoms with Gasteiger partial charge in [0, 0.05) is 13.1 Å². The van der Waals surface area contributed by atoms with Crippen molar-refractivity contribution in [3.63, 3.8) is 0 Å². The lowest BCUT2D eigenvalue weighted by Crippen LogP contribution is -2.32. The van der Waals surface area contributed by atoms with E-state index in [0.717, 1.165) is 17.8 Å². The molecule has 0 atom stereocenters. The quantitative estimate of drug-likeness (QED) is 0.414. The second kappa shape index (κ2) is 11.5. The minimum atomic E-state index is 0.801. The number of rotatable bonds is 11. The second-order valence-corrected chi connectivity index (χ2v) is 8.25. The third-order valence-electron chi connectivity index (χ3n) is 4.81. The molecule has 0 aromatic carbocycles. The molecule has 0 bridgehead atoms. The summed E-state index contributed by atoms with van der Waals surface area (Å²) in [7, 11) is 0. The Bertz CT molecular complexity index is 218. The van der Waals surface area contributed by atoms with Crippen molar-refractivity contribution in [3.05, 3.63) is 0 Å². The van der Waals surface area contributed by atoms with Gasteiger partial charge in [-0.2, -0.15) is 0 Å². The fourth-order valence-electron chi connectivity index (χ4n) is 3.89. The second-order valence-electron chi connectivity index (χ2n) is 8.25. The Labute approximate surface area is 134 Å². The molecule has 1 fully saturated rings. The van der Waals surface area contributed by atoms with Gasteiger partial charge in [0.25, 0.3) is 0 Å². The largest absolute Gasteiger partial charge is 0.303 e. The van der Waals surface area contributed by atoms with E-state index in [-0.39, 0.29) is 0 Å². The van der Waals surface area contributed by atoms with Gasteiger partial charge in [0.05, 0.1) is 0 Å². The van der Waals surface area contributed by atoms with Gasteiger partial charge in [-0.25, -0.2) is 0 Å². The van der Waals surface area contributed by atoms with E-state index in [9.17, 15) is 0 Å². The van der Waals surface area contributed by atoms with E-state index >= 15 is 0 Å². The van der Waals surface area contributed by atoms with Crippen LogP contribution in [0.3, 0.4) is 0 Å². The molecule has 0 aromatic heterocycles. The summed E-state index contributed by atoms with van der Waals surface area (Å²) in [5, 5.41) is 0. The number of unbranched alkanes of at least 4 members (excludes halogenated alkanes) is 3. The van der Waals surface area contributed by atoms with Crippen LogP contribution in [-0.2, 0) is 0 Å². The van der Waals surface area contributed by atoms with Gasteiger partial charge < -0.3 is 4.90 Å². The molecule has 126 valence electrons. The highest BCUT2D eigenvalue weighted by Crippen LogP contribution is 2.28. The van der Waals surface area contributed by atoms with Gasteiger partial charge >= 0.3 is 0 Å². The van der Waals surface area contributed by atoms with Gasteiger partial charge in [0.2, 0.25) is 0 Å². The zero-order valence-electron chi connectivity index (χ0n) is 15.4. The number of nitrogens with zero attached hydrogens (tertiary/aromatic N) is 1. The van der Waals surface area contributed by atoms with E-state index in [1.54, 1.807) is 0 Å². The van der Waals surface area contributed by atoms with Crippen molar-refractivity contribution < 1.29 is 0 Å². The average molecular weight is 296 g/mol. The summed E-state index contributed by atoms with van der Waals surface area (Å²) in [6, 6.07) is 0. The molecule has 0 saturated heterocycles. The van der Waals surface area contributed by atoms with Gasteiger partial charge in [-0.1, -0.05) is 85.5 Å². The molecule has 0 heterocycles. The third kappa shape index (κ3) is 10.3. The monoisotopic (exact) mass is 295 g/mol. The Morgan fingerprint density at radius 1 is 0.762 bits per heavy atom. The third-order valence-corrected chi connectivity index (χ3v) is 4.81. The number of hydrogen-bond donors (Lipinski definition) is 0. The molecule has 0 N–H and O–H groups in total. The van der Waals surface area contributed by atoms with Gasteiger partial charge in [-0.15, -0.1) is 0 Å². The summed E-state index contributed by atoms with van der Waals surface area (Å²) in [6.07, 6.45) is 14.9. The van der Waals surface area contributed by atoms with Crippen LogP contribution in [0.5, 0.6) is 0 Å². The van der Waals surface area contributed by atoms with Crippen LogP contribution in [0.2, 0.25) is 0 Å². The Kier molecular flexibility index (Phi) is 10.4. The molecule has 0 aromatic rings. The highest BCUT2D eigenvalue weighted by molar-refractivity contribution is 4.66. The molecule has 1 rings (SSSR count). The van der Waals surface area contributed by atoms with Crippen molar-refractivity contribution >= 4 is 0 Å². The van der Waals surface area contributed by atoms with Crippen LogP contribution in [0.15, 0.2) is 0 Å². The van der Waals surface area contributed by atoms with Gasteiger partial charge in [-0.3, -0.25) is 0 Å². The molecule has 0 aliphatic heterocycles. The van der Waals surface area contributed by atoms with E-state index in [4.69, 9.17) is 0 Å². The summed E-state index contributed by atoms with van der Waals surface area (Å²) in [5.41, 5.74) is 0. The minimum Gasteiger partial charge on any atom is -0.303 e. The van der Waals surface area contributed by atoms with Crippen LogP contribution < -0.4 is 0 Å². The van der Waals surface area contributed by atoms with Crippen molar-refractivity contribution in [2.75, 3.05) is 19.6 Å². The van der Waals surface area contributed by atoms with Gasteiger partial charge in [0.1, 0.15) is 0 Å². The van der Waals surface area contributed by atoms with Crippen molar-refractivity contribution in [1.29, 1.82) is 0 Å². The maximum Gasteiger partial charge on any atom is 0.000449 e. The molecule has 1 aliphatic carbocycles. The molecule has 0 radical (unpaired) electrons. The Balaban J connectivity index is 2.01. The van der Waals surface area contributed by atoms with E-state index in [2.05, 4.69) is 32.6 Å². The van der Waals surface area contributed by atoms with Crippen LogP contribution in [0.4, 0.5) is 0 Å². The van der Waals surface area contributed by atoms with Crippen molar-refractivity contribution in [2.45, 2.75) is 91.9 Å². The molecule has 1 heteroatoms. The summed E-state index contributed by atoms with van der Waals surface area (Å²) in [6.45, 7) is 13.3. The molecule has 0 unspecified atom stereocenters. The molecule has 0 spiro atoms. The maximum atomic E-state index is 2.69. The van der Waals surface area contributed by atoms with Crippen LogP contribution in [0, 0.1) is 17.8 Å². The molecule has 1 aliphatic rings. The van der Waals surface area contributed by atoms with Gasteiger partial charge in [0.15, 0.2) is 0 Å². The van der Waals surface area contributed by atoms with Crippen molar-refractivity contribution in [2.24, 2.45) is 17.8 Å². The maximum absolute atomic E-state index is 2.69. The van der Waals surface area contributed by atoms with E-state index in [1.165, 1.54) is 83.8 Å². The highest BCUT2D eigenvalue weighted by atomic mass is 15.1. The zero-order valence-corrected chi connectivity index (χ0v) is 15.4. The van der Waals surface area contributed by atoms with Crippen LogP contribution >= 0.6 is 0 Å². The van der Waals surface area contributed by atoms with Crippen molar-refractivity contribution in [3.8, 4) is 0 Å². The number of hydrogen-bond acceptors (Lipinski definition) is 1. The SMILES string of the molecule is CC(C)CN(CCCCCCC1CCCCC1)CC(C)C. The molecule has 0 amide bonds. The highest BCUT2D eigenvalue weighted by Gasteiger charge is 2.12. The molecular formula is C20H41N. The first-order valence-electron chi connectivity index (χ1n) is 9.80. The first-order chi connectivity index (χ1) is 10.1. The van der Waals surface area contributed by atoms with Gasteiger partial charge in [-0.05, 0) is 30.7 Å². The van der Waals surface area contributed by atoms with E-state index in [0.29, 0.717) is 0 Å². The Morgan fingerprint density at radius 3 is 1.90 bits per heavy atom. The molecular weight excluding hydrogens is 254 g/mol. The smallest absolute Gasteiger partial charge is 0.000449 e. The predicted molar refractivity (Wildman–Crippen MR) is 95.8 cm³/mol. The average Bonchev–Trinajstić information content (AvgIpc) is 2.42. The fraction of sp³-hybridized carbons (Fsp3) is 1.00. The first kappa shape index (κ1) is 19.0. The summed E-state index contributed by atoms with van der Waals surface area (Å²) in [5.74, 6) is 2.68. The summed E-state index contributed by atoms with van der Waals surface area (Å²) in [4.78, 5) is 2.69. The van der Waals surface area contributed by atoms with E-state index < -0.39 is 0 Å². The topological polar surface area (TPSA) is 3.24 Å².